The standard InChI is InChI=1S/C11H8ClFN2O4/c12-6-3-7(13)5-8(4-6)14-11(19)15-9(16)1-2-10(17)18/h1-5H,(H,17,18)(H2,14,15,16,19)/b2-1+. The molecule has 0 aliphatic rings. The summed E-state index contributed by atoms with van der Waals surface area (Å²) < 4.78 is 13.0. The van der Waals surface area contributed by atoms with Crippen LogP contribution in [0, 0.1) is 5.82 Å². The third kappa shape index (κ3) is 5.64. The van der Waals surface area contributed by atoms with Gasteiger partial charge in [0.25, 0.3) is 5.91 Å². The molecular formula is C11H8ClFN2O4. The van der Waals surface area contributed by atoms with E-state index in [1.54, 1.807) is 0 Å². The summed E-state index contributed by atoms with van der Waals surface area (Å²) in [4.78, 5) is 32.5. The number of carbonyl (C=O) groups is 3. The summed E-state index contributed by atoms with van der Waals surface area (Å²) in [5, 5.41) is 12.3. The first kappa shape index (κ1) is 14.7. The van der Waals surface area contributed by atoms with Crippen molar-refractivity contribution in [1.29, 1.82) is 0 Å². The van der Waals surface area contributed by atoms with Crippen LogP contribution in [0.1, 0.15) is 0 Å². The Morgan fingerprint density at radius 1 is 1.21 bits per heavy atom. The second-order valence-corrected chi connectivity index (χ2v) is 3.71. The Morgan fingerprint density at radius 2 is 1.89 bits per heavy atom. The van der Waals surface area contributed by atoms with Gasteiger partial charge in [-0.1, -0.05) is 11.6 Å². The number of carboxylic acid groups (broad SMARTS) is 1. The van der Waals surface area contributed by atoms with Gasteiger partial charge in [0.05, 0.1) is 0 Å². The summed E-state index contributed by atoms with van der Waals surface area (Å²) in [6, 6.07) is 2.39. The zero-order valence-electron chi connectivity index (χ0n) is 9.31. The van der Waals surface area contributed by atoms with Crippen molar-refractivity contribution in [3.8, 4) is 0 Å². The van der Waals surface area contributed by atoms with E-state index in [-0.39, 0.29) is 10.7 Å². The smallest absolute Gasteiger partial charge is 0.328 e. The molecule has 0 saturated carbocycles. The SMILES string of the molecule is O=C(O)/C=C/C(=O)NC(=O)Nc1cc(F)cc(Cl)c1. The number of urea groups is 1. The van der Waals surface area contributed by atoms with Crippen LogP contribution in [-0.4, -0.2) is 23.0 Å². The zero-order valence-corrected chi connectivity index (χ0v) is 10.1. The maximum absolute atomic E-state index is 13.0. The average Bonchev–Trinajstić information content (AvgIpc) is 2.24. The van der Waals surface area contributed by atoms with Crippen LogP contribution in [0.15, 0.2) is 30.4 Å². The van der Waals surface area contributed by atoms with Crippen molar-refractivity contribution in [2.45, 2.75) is 0 Å². The van der Waals surface area contributed by atoms with Crippen LogP contribution in [0.5, 0.6) is 0 Å². The first-order valence-corrected chi connectivity index (χ1v) is 5.23. The van der Waals surface area contributed by atoms with Gasteiger partial charge in [0.2, 0.25) is 0 Å². The second kappa shape index (κ2) is 6.50. The Labute approximate surface area is 111 Å². The van der Waals surface area contributed by atoms with Crippen LogP contribution in [0.3, 0.4) is 0 Å². The van der Waals surface area contributed by atoms with Crippen LogP contribution < -0.4 is 10.6 Å². The molecule has 8 heteroatoms. The summed E-state index contributed by atoms with van der Waals surface area (Å²) in [6.45, 7) is 0. The molecule has 0 aliphatic carbocycles. The number of hydrogen-bond donors (Lipinski definition) is 3. The average molecular weight is 287 g/mol. The van der Waals surface area contributed by atoms with Gasteiger partial charge in [-0.15, -0.1) is 0 Å². The van der Waals surface area contributed by atoms with Crippen LogP contribution in [0.4, 0.5) is 14.9 Å². The van der Waals surface area contributed by atoms with Crippen LogP contribution in [0.2, 0.25) is 5.02 Å². The number of imide groups is 1. The monoisotopic (exact) mass is 286 g/mol. The van der Waals surface area contributed by atoms with E-state index in [0.29, 0.717) is 12.2 Å². The maximum atomic E-state index is 13.0. The number of rotatable bonds is 3. The molecule has 0 bridgehead atoms. The van der Waals surface area contributed by atoms with Gasteiger partial charge in [0.15, 0.2) is 0 Å². The lowest BCUT2D eigenvalue weighted by Crippen LogP contribution is -2.33. The molecule has 19 heavy (non-hydrogen) atoms. The van der Waals surface area contributed by atoms with E-state index >= 15 is 0 Å². The number of carboxylic acids is 1. The van der Waals surface area contributed by atoms with Gasteiger partial charge in [-0.25, -0.2) is 14.0 Å². The van der Waals surface area contributed by atoms with Crippen LogP contribution in [0.25, 0.3) is 0 Å². The third-order valence-electron chi connectivity index (χ3n) is 1.73. The normalized spacial score (nSPS) is 10.2. The highest BCUT2D eigenvalue weighted by Gasteiger charge is 2.07. The lowest BCUT2D eigenvalue weighted by Gasteiger charge is -2.05. The minimum absolute atomic E-state index is 0.0533. The van der Waals surface area contributed by atoms with E-state index in [1.807, 2.05) is 5.32 Å². The van der Waals surface area contributed by atoms with E-state index in [2.05, 4.69) is 5.32 Å². The van der Waals surface area contributed by atoms with Crippen molar-refractivity contribution in [2.24, 2.45) is 0 Å². The van der Waals surface area contributed by atoms with Gasteiger partial charge in [0, 0.05) is 22.9 Å². The predicted octanol–water partition coefficient (Wildman–Crippen LogP) is 1.77. The van der Waals surface area contributed by atoms with E-state index < -0.39 is 23.7 Å². The molecule has 3 amide bonds. The van der Waals surface area contributed by atoms with Crippen molar-refractivity contribution in [1.82, 2.24) is 5.32 Å². The summed E-state index contributed by atoms with van der Waals surface area (Å²) >= 11 is 5.57. The molecular weight excluding hydrogens is 279 g/mol. The second-order valence-electron chi connectivity index (χ2n) is 3.27. The lowest BCUT2D eigenvalue weighted by molar-refractivity contribution is -0.131. The zero-order chi connectivity index (χ0) is 14.4. The fourth-order valence-corrected chi connectivity index (χ4v) is 1.31. The van der Waals surface area contributed by atoms with Gasteiger partial charge in [-0.3, -0.25) is 10.1 Å². The molecule has 100 valence electrons. The number of carbonyl (C=O) groups excluding carboxylic acids is 2. The molecule has 0 saturated heterocycles. The highest BCUT2D eigenvalue weighted by molar-refractivity contribution is 6.30. The molecule has 0 spiro atoms. The molecule has 0 heterocycles. The fourth-order valence-electron chi connectivity index (χ4n) is 1.09. The molecule has 0 aliphatic heterocycles. The number of amides is 3. The Balaban J connectivity index is 2.60. The van der Waals surface area contributed by atoms with Gasteiger partial charge in [-0.05, 0) is 18.2 Å². The first-order valence-electron chi connectivity index (χ1n) is 4.86. The van der Waals surface area contributed by atoms with Crippen LogP contribution >= 0.6 is 11.6 Å². The first-order chi connectivity index (χ1) is 8.86. The molecule has 1 aromatic carbocycles. The Morgan fingerprint density at radius 3 is 2.47 bits per heavy atom. The predicted molar refractivity (Wildman–Crippen MR) is 65.3 cm³/mol. The number of aliphatic carboxylic acids is 1. The van der Waals surface area contributed by atoms with Crippen molar-refractivity contribution in [3.63, 3.8) is 0 Å². The van der Waals surface area contributed by atoms with Gasteiger partial charge in [0.1, 0.15) is 5.82 Å². The minimum Gasteiger partial charge on any atom is -0.478 e. The van der Waals surface area contributed by atoms with E-state index in [1.165, 1.54) is 6.07 Å². The van der Waals surface area contributed by atoms with E-state index in [0.717, 1.165) is 12.1 Å². The molecule has 0 atom stereocenters. The van der Waals surface area contributed by atoms with Crippen molar-refractivity contribution in [3.05, 3.63) is 41.2 Å². The van der Waals surface area contributed by atoms with Crippen molar-refractivity contribution < 1.29 is 23.9 Å². The topological polar surface area (TPSA) is 95.5 Å². The Hall–Kier alpha value is -2.41. The Bertz CT molecular complexity index is 539. The summed E-state index contributed by atoms with van der Waals surface area (Å²) in [5.41, 5.74) is 0.0533. The molecule has 1 aromatic rings. The number of anilines is 1. The summed E-state index contributed by atoms with van der Waals surface area (Å²) in [7, 11) is 0. The summed E-state index contributed by atoms with van der Waals surface area (Å²) in [6.07, 6.45) is 1.24. The molecule has 6 nitrogen and oxygen atoms in total. The lowest BCUT2D eigenvalue weighted by atomic mass is 10.3. The van der Waals surface area contributed by atoms with Crippen molar-refractivity contribution >= 4 is 35.2 Å². The number of nitrogens with one attached hydrogen (secondary N) is 2. The van der Waals surface area contributed by atoms with Gasteiger partial charge < -0.3 is 10.4 Å². The van der Waals surface area contributed by atoms with Crippen molar-refractivity contribution in [2.75, 3.05) is 5.32 Å². The molecule has 0 fully saturated rings. The van der Waals surface area contributed by atoms with Crippen LogP contribution in [-0.2, 0) is 9.59 Å². The van der Waals surface area contributed by atoms with E-state index in [4.69, 9.17) is 16.7 Å². The molecule has 0 aromatic heterocycles. The number of benzene rings is 1. The molecule has 0 unspecified atom stereocenters. The largest absolute Gasteiger partial charge is 0.478 e. The van der Waals surface area contributed by atoms with E-state index in [9.17, 15) is 18.8 Å². The molecule has 3 N–H and O–H groups in total. The maximum Gasteiger partial charge on any atom is 0.328 e. The highest BCUT2D eigenvalue weighted by Crippen LogP contribution is 2.17. The van der Waals surface area contributed by atoms with Gasteiger partial charge in [-0.2, -0.15) is 0 Å². The fraction of sp³-hybridized carbons (Fsp3) is 0. The molecule has 1 rings (SSSR count). The quantitative estimate of drug-likeness (QED) is 0.738. The number of hydrogen-bond acceptors (Lipinski definition) is 3. The molecule has 0 radical (unpaired) electrons. The Kier molecular flexibility index (Phi) is 5.01. The highest BCUT2D eigenvalue weighted by atomic mass is 35.5. The number of halogens is 2. The van der Waals surface area contributed by atoms with Gasteiger partial charge >= 0.3 is 12.0 Å². The minimum atomic E-state index is -1.33. The summed E-state index contributed by atoms with van der Waals surface area (Å²) in [5.74, 6) is -2.91. The third-order valence-corrected chi connectivity index (χ3v) is 1.95.